The molecule has 8 nitrogen and oxygen atoms in total. The van der Waals surface area contributed by atoms with Gasteiger partial charge in [0.1, 0.15) is 17.2 Å². The van der Waals surface area contributed by atoms with E-state index >= 15 is 0 Å². The van der Waals surface area contributed by atoms with E-state index in [2.05, 4.69) is 27.3 Å². The lowest BCUT2D eigenvalue weighted by atomic mass is 10.0. The van der Waals surface area contributed by atoms with Crippen molar-refractivity contribution in [2.75, 3.05) is 19.6 Å². The van der Waals surface area contributed by atoms with E-state index in [1.807, 2.05) is 11.0 Å². The summed E-state index contributed by atoms with van der Waals surface area (Å²) >= 11 is 0. The molecule has 10 heteroatoms. The topological polar surface area (TPSA) is 87.7 Å². The van der Waals surface area contributed by atoms with Crippen molar-refractivity contribution in [2.45, 2.75) is 76.9 Å². The Hall–Kier alpha value is -3.92. The summed E-state index contributed by atoms with van der Waals surface area (Å²) in [4.78, 5) is 30.3. The number of rotatable bonds is 9. The molecule has 1 saturated carbocycles. The van der Waals surface area contributed by atoms with Crippen LogP contribution in [0.25, 0.3) is 11.3 Å². The van der Waals surface area contributed by atoms with Crippen LogP contribution in [0, 0.1) is 5.92 Å². The molecule has 6 rings (SSSR count). The number of likely N-dealkylation sites (tertiary alicyclic amines) is 2. The number of nitrogens with zero attached hydrogens (tertiary/aromatic N) is 4. The van der Waals surface area contributed by atoms with Crippen LogP contribution in [-0.2, 0) is 11.3 Å². The molecule has 1 N–H and O–H groups in total. The molecule has 3 aliphatic rings. The lowest BCUT2D eigenvalue weighted by Crippen LogP contribution is -2.47. The van der Waals surface area contributed by atoms with Gasteiger partial charge >= 0.3 is 0 Å². The van der Waals surface area contributed by atoms with Crippen LogP contribution < -0.4 is 10.1 Å². The molecule has 0 spiro atoms. The monoisotopic (exact) mass is 603 g/mol. The number of carbonyl (C=O) groups is 2. The maximum atomic E-state index is 13.4. The third-order valence-electron chi connectivity index (χ3n) is 9.09. The summed E-state index contributed by atoms with van der Waals surface area (Å²) in [6.45, 7) is 5.17. The second-order valence-corrected chi connectivity index (χ2v) is 12.4. The number of aromatic nitrogens is 2. The summed E-state index contributed by atoms with van der Waals surface area (Å²) in [6, 6.07) is 16.1. The zero-order valence-corrected chi connectivity index (χ0v) is 25.1. The van der Waals surface area contributed by atoms with Crippen molar-refractivity contribution in [1.82, 2.24) is 25.3 Å². The van der Waals surface area contributed by atoms with Crippen molar-refractivity contribution in [3.8, 4) is 22.8 Å². The highest BCUT2D eigenvalue weighted by atomic mass is 19.3. The SMILES string of the molecule is C[C@H]1CC(=O)N(Cc2ccc(C(=O)NC3CCN(C4CCCC4)CC3)cc2Oc2ccc(-c3ccc(C(F)F)nn3)cc2)C1. The van der Waals surface area contributed by atoms with Crippen LogP contribution in [-0.4, -0.2) is 63.5 Å². The van der Waals surface area contributed by atoms with Crippen LogP contribution in [0.3, 0.4) is 0 Å². The highest BCUT2D eigenvalue weighted by molar-refractivity contribution is 5.95. The largest absolute Gasteiger partial charge is 0.457 e. The minimum absolute atomic E-state index is 0.109. The third kappa shape index (κ3) is 7.07. The summed E-state index contributed by atoms with van der Waals surface area (Å²) in [7, 11) is 0. The van der Waals surface area contributed by atoms with Crippen LogP contribution in [0.5, 0.6) is 11.5 Å². The smallest absolute Gasteiger partial charge is 0.282 e. The molecule has 3 fully saturated rings. The lowest BCUT2D eigenvalue weighted by Gasteiger charge is -2.36. The van der Waals surface area contributed by atoms with Gasteiger partial charge in [0.15, 0.2) is 0 Å². The predicted octanol–water partition coefficient (Wildman–Crippen LogP) is 6.38. The van der Waals surface area contributed by atoms with Crippen molar-refractivity contribution < 1.29 is 23.1 Å². The Morgan fingerprint density at radius 3 is 2.39 bits per heavy atom. The minimum Gasteiger partial charge on any atom is -0.457 e. The number of nitrogens with one attached hydrogen (secondary N) is 1. The number of hydrogen-bond acceptors (Lipinski definition) is 6. The average Bonchev–Trinajstić information content (AvgIpc) is 3.68. The van der Waals surface area contributed by atoms with Crippen LogP contribution >= 0.6 is 0 Å². The molecular formula is C34H39F2N5O3. The van der Waals surface area contributed by atoms with Crippen LogP contribution in [0.1, 0.15) is 79.9 Å². The molecule has 0 unspecified atom stereocenters. The van der Waals surface area contributed by atoms with Gasteiger partial charge < -0.3 is 19.9 Å². The molecule has 3 aromatic rings. The molecule has 2 aliphatic heterocycles. The van der Waals surface area contributed by atoms with E-state index in [0.29, 0.717) is 59.8 Å². The molecule has 2 saturated heterocycles. The first-order chi connectivity index (χ1) is 21.3. The number of hydrogen-bond donors (Lipinski definition) is 1. The van der Waals surface area contributed by atoms with Gasteiger partial charge in [-0.2, -0.15) is 5.10 Å². The summed E-state index contributed by atoms with van der Waals surface area (Å²) in [5.74, 6) is 1.31. The van der Waals surface area contributed by atoms with Gasteiger partial charge in [-0.1, -0.05) is 25.8 Å². The zero-order valence-electron chi connectivity index (χ0n) is 25.1. The van der Waals surface area contributed by atoms with Crippen molar-refractivity contribution in [1.29, 1.82) is 0 Å². The summed E-state index contributed by atoms with van der Waals surface area (Å²) < 4.78 is 32.0. The van der Waals surface area contributed by atoms with Gasteiger partial charge in [0.05, 0.1) is 5.69 Å². The molecule has 1 aliphatic carbocycles. The van der Waals surface area contributed by atoms with Gasteiger partial charge in [0, 0.05) is 61.4 Å². The average molecular weight is 604 g/mol. The molecule has 232 valence electrons. The highest BCUT2D eigenvalue weighted by Crippen LogP contribution is 2.32. The van der Waals surface area contributed by atoms with E-state index in [-0.39, 0.29) is 23.6 Å². The van der Waals surface area contributed by atoms with Gasteiger partial charge in [0.25, 0.3) is 12.3 Å². The lowest BCUT2D eigenvalue weighted by molar-refractivity contribution is -0.128. The summed E-state index contributed by atoms with van der Waals surface area (Å²) in [5, 5.41) is 10.8. The number of piperidine rings is 1. The van der Waals surface area contributed by atoms with Crippen LogP contribution in [0.2, 0.25) is 0 Å². The summed E-state index contributed by atoms with van der Waals surface area (Å²) in [5.41, 5.74) is 2.12. The van der Waals surface area contributed by atoms with Gasteiger partial charge in [-0.25, -0.2) is 8.78 Å². The Labute approximate surface area is 256 Å². The second-order valence-electron chi connectivity index (χ2n) is 12.4. The number of ether oxygens (including phenoxy) is 1. The molecular weight excluding hydrogens is 564 g/mol. The number of amides is 2. The Morgan fingerprint density at radius 1 is 1.00 bits per heavy atom. The van der Waals surface area contributed by atoms with E-state index in [9.17, 15) is 18.4 Å². The Morgan fingerprint density at radius 2 is 1.75 bits per heavy atom. The second kappa shape index (κ2) is 13.4. The molecule has 3 heterocycles. The third-order valence-corrected chi connectivity index (χ3v) is 9.09. The fourth-order valence-corrected chi connectivity index (χ4v) is 6.63. The van der Waals surface area contributed by atoms with E-state index < -0.39 is 6.43 Å². The van der Waals surface area contributed by atoms with Crippen molar-refractivity contribution in [2.24, 2.45) is 5.92 Å². The first kappa shape index (κ1) is 30.1. The molecule has 0 radical (unpaired) electrons. The fraction of sp³-hybridized carbons (Fsp3) is 0.471. The van der Waals surface area contributed by atoms with Gasteiger partial charge in [0.2, 0.25) is 5.91 Å². The van der Waals surface area contributed by atoms with Crippen molar-refractivity contribution in [3.05, 3.63) is 71.4 Å². The van der Waals surface area contributed by atoms with Gasteiger partial charge in [-0.3, -0.25) is 9.59 Å². The predicted molar refractivity (Wildman–Crippen MR) is 162 cm³/mol. The number of carbonyl (C=O) groups excluding carboxylic acids is 2. The minimum atomic E-state index is -2.67. The van der Waals surface area contributed by atoms with E-state index in [1.165, 1.54) is 37.8 Å². The molecule has 1 atom stereocenters. The highest BCUT2D eigenvalue weighted by Gasteiger charge is 2.29. The van der Waals surface area contributed by atoms with Crippen LogP contribution in [0.15, 0.2) is 54.6 Å². The molecule has 0 bridgehead atoms. The van der Waals surface area contributed by atoms with Gasteiger partial charge in [-0.15, -0.1) is 5.10 Å². The molecule has 44 heavy (non-hydrogen) atoms. The van der Waals surface area contributed by atoms with Crippen LogP contribution in [0.4, 0.5) is 8.78 Å². The summed E-state index contributed by atoms with van der Waals surface area (Å²) in [6.07, 6.45) is 4.97. The number of benzene rings is 2. The molecule has 2 aromatic carbocycles. The van der Waals surface area contributed by atoms with E-state index in [4.69, 9.17) is 4.74 Å². The maximum absolute atomic E-state index is 13.4. The maximum Gasteiger partial charge on any atom is 0.282 e. The van der Waals surface area contributed by atoms with Gasteiger partial charge in [-0.05, 0) is 80.1 Å². The quantitative estimate of drug-likeness (QED) is 0.306. The zero-order chi connectivity index (χ0) is 30.6. The van der Waals surface area contributed by atoms with Crippen molar-refractivity contribution >= 4 is 11.8 Å². The number of halogens is 2. The van der Waals surface area contributed by atoms with E-state index in [1.54, 1.807) is 36.4 Å². The Balaban J connectivity index is 1.16. The molecule has 1 aromatic heterocycles. The first-order valence-corrected chi connectivity index (χ1v) is 15.7. The van der Waals surface area contributed by atoms with E-state index in [0.717, 1.165) is 31.5 Å². The molecule has 2 amide bonds. The normalized spacial score (nSPS) is 20.0. The first-order valence-electron chi connectivity index (χ1n) is 15.7. The van der Waals surface area contributed by atoms with Crippen molar-refractivity contribution in [3.63, 3.8) is 0 Å². The Kier molecular flexibility index (Phi) is 9.16. The fourth-order valence-electron chi connectivity index (χ4n) is 6.63. The standard InChI is InChI=1S/C34H39F2N5O3/c1-22-18-32(42)41(20-22)21-25-7-6-24(34(43)37-26-14-16-40(17-15-26)27-4-2-3-5-27)19-31(25)44-28-10-8-23(9-11-28)29-12-13-30(33(35)36)39-38-29/h6-13,19,22,26-27,33H,2-5,14-18,20-21H2,1H3,(H,37,43)/t22-/m0/s1. The number of alkyl halides is 2. The Bertz CT molecular complexity index is 1450.